The first-order valence-corrected chi connectivity index (χ1v) is 6.12. The monoisotopic (exact) mass is 237 g/mol. The highest BCUT2D eigenvalue weighted by molar-refractivity contribution is 7.25. The van der Waals surface area contributed by atoms with Gasteiger partial charge in [-0.15, -0.1) is 11.3 Å². The van der Waals surface area contributed by atoms with Crippen molar-refractivity contribution < 1.29 is 0 Å². The summed E-state index contributed by atoms with van der Waals surface area (Å²) in [6.45, 7) is 0. The second kappa shape index (κ2) is 3.21. The second-order valence-corrected chi connectivity index (χ2v) is 4.87. The summed E-state index contributed by atoms with van der Waals surface area (Å²) in [6.07, 6.45) is 3.66. The van der Waals surface area contributed by atoms with Crippen LogP contribution >= 0.6 is 11.3 Å². The fourth-order valence-electron chi connectivity index (χ4n) is 1.98. The molecule has 0 saturated carbocycles. The lowest BCUT2D eigenvalue weighted by molar-refractivity contribution is 1.37. The Morgan fingerprint density at radius 2 is 1.76 bits per heavy atom. The quantitative estimate of drug-likeness (QED) is 0.470. The number of hydrogen-bond acceptors (Lipinski definition) is 4. The summed E-state index contributed by atoms with van der Waals surface area (Å²) in [4.78, 5) is 14.4. The Morgan fingerprint density at radius 1 is 0.941 bits per heavy atom. The van der Waals surface area contributed by atoms with Crippen molar-refractivity contribution in [2.45, 2.75) is 0 Å². The van der Waals surface area contributed by atoms with E-state index in [1.807, 2.05) is 36.5 Å². The third-order valence-electron chi connectivity index (χ3n) is 2.78. The first-order chi connectivity index (χ1) is 8.42. The van der Waals surface area contributed by atoms with E-state index in [4.69, 9.17) is 0 Å². The van der Waals surface area contributed by atoms with Crippen LogP contribution in [0.25, 0.3) is 31.5 Å². The molecule has 4 aromatic rings. The zero-order chi connectivity index (χ0) is 11.2. The molecule has 0 aliphatic carbocycles. The molecule has 4 rings (SSSR count). The van der Waals surface area contributed by atoms with Crippen LogP contribution in [0.3, 0.4) is 0 Å². The summed E-state index contributed by atoms with van der Waals surface area (Å²) in [5.74, 6) is 0. The largest absolute Gasteiger partial charge is 0.264 e. The molecule has 0 unspecified atom stereocenters. The minimum Gasteiger partial charge on any atom is -0.264 e. The molecule has 0 atom stereocenters. The van der Waals surface area contributed by atoms with Crippen molar-refractivity contribution in [1.82, 2.24) is 15.0 Å². The van der Waals surface area contributed by atoms with Gasteiger partial charge in [-0.05, 0) is 18.2 Å². The Hall–Kier alpha value is -2.07. The standard InChI is InChI=1S/C13H7N3S/c1-2-4-10-9(3-1)15-12-8-7-14-6-5-11(8)17-13(12)16-10/h1-7H. The van der Waals surface area contributed by atoms with Crippen molar-refractivity contribution in [3.63, 3.8) is 0 Å². The van der Waals surface area contributed by atoms with E-state index >= 15 is 0 Å². The molecular formula is C13H7N3S. The molecule has 1 aromatic carbocycles. The van der Waals surface area contributed by atoms with Gasteiger partial charge in [-0.1, -0.05) is 12.1 Å². The van der Waals surface area contributed by atoms with Crippen molar-refractivity contribution >= 4 is 42.8 Å². The molecule has 0 fully saturated rings. The second-order valence-electron chi connectivity index (χ2n) is 3.84. The number of rotatable bonds is 0. The average molecular weight is 237 g/mol. The topological polar surface area (TPSA) is 38.7 Å². The number of fused-ring (bicyclic) bond motifs is 4. The lowest BCUT2D eigenvalue weighted by Crippen LogP contribution is -1.83. The van der Waals surface area contributed by atoms with E-state index in [1.54, 1.807) is 17.5 Å². The smallest absolute Gasteiger partial charge is 0.143 e. The third kappa shape index (κ3) is 1.24. The van der Waals surface area contributed by atoms with E-state index in [-0.39, 0.29) is 0 Å². The molecule has 17 heavy (non-hydrogen) atoms. The van der Waals surface area contributed by atoms with E-state index in [0.29, 0.717) is 0 Å². The van der Waals surface area contributed by atoms with Gasteiger partial charge in [0.25, 0.3) is 0 Å². The highest BCUT2D eigenvalue weighted by atomic mass is 32.1. The molecule has 80 valence electrons. The summed E-state index contributed by atoms with van der Waals surface area (Å²) >= 11 is 1.66. The van der Waals surface area contributed by atoms with Gasteiger partial charge in [-0.3, -0.25) is 4.98 Å². The predicted octanol–water partition coefficient (Wildman–Crippen LogP) is 3.39. The van der Waals surface area contributed by atoms with Crippen molar-refractivity contribution in [1.29, 1.82) is 0 Å². The molecule has 3 aromatic heterocycles. The lowest BCUT2D eigenvalue weighted by atomic mass is 10.3. The molecule has 0 aliphatic rings. The van der Waals surface area contributed by atoms with E-state index in [9.17, 15) is 0 Å². The Labute approximate surface area is 101 Å². The number of nitrogens with zero attached hydrogens (tertiary/aromatic N) is 3. The van der Waals surface area contributed by atoms with Crippen LogP contribution in [0.2, 0.25) is 0 Å². The molecule has 0 aliphatic heterocycles. The Kier molecular flexibility index (Phi) is 1.70. The van der Waals surface area contributed by atoms with Crippen LogP contribution in [0.5, 0.6) is 0 Å². The van der Waals surface area contributed by atoms with Gasteiger partial charge >= 0.3 is 0 Å². The molecule has 3 heterocycles. The Bertz CT molecular complexity index is 845. The molecular weight excluding hydrogens is 230 g/mol. The van der Waals surface area contributed by atoms with Gasteiger partial charge in [0.2, 0.25) is 0 Å². The Balaban J connectivity index is 2.28. The fraction of sp³-hybridized carbons (Fsp3) is 0. The fourth-order valence-corrected chi connectivity index (χ4v) is 2.98. The molecule has 3 nitrogen and oxygen atoms in total. The van der Waals surface area contributed by atoms with Crippen LogP contribution in [-0.2, 0) is 0 Å². The molecule has 4 heteroatoms. The van der Waals surface area contributed by atoms with Crippen molar-refractivity contribution in [3.8, 4) is 0 Å². The summed E-state index contributed by atoms with van der Waals surface area (Å²) < 4.78 is 1.19. The molecule has 0 bridgehead atoms. The first kappa shape index (κ1) is 9.01. The van der Waals surface area contributed by atoms with Gasteiger partial charge in [0.1, 0.15) is 10.3 Å². The number of thiophene rings is 1. The summed E-state index contributed by atoms with van der Waals surface area (Å²) in [5.41, 5.74) is 2.83. The van der Waals surface area contributed by atoms with E-state index in [0.717, 1.165) is 26.8 Å². The highest BCUT2D eigenvalue weighted by Crippen LogP contribution is 2.31. The molecule has 0 radical (unpaired) electrons. The predicted molar refractivity (Wildman–Crippen MR) is 70.2 cm³/mol. The lowest BCUT2D eigenvalue weighted by Gasteiger charge is -1.95. The minimum atomic E-state index is 0.934. The molecule has 0 amide bonds. The number of pyridine rings is 1. The Morgan fingerprint density at radius 3 is 2.65 bits per heavy atom. The van der Waals surface area contributed by atoms with E-state index in [1.165, 1.54) is 4.70 Å². The number of aromatic nitrogens is 3. The van der Waals surface area contributed by atoms with Gasteiger partial charge in [-0.2, -0.15) is 0 Å². The SMILES string of the molecule is c1ccc2nc3c(nc2c1)sc1ccncc13. The number of para-hydroxylation sites is 2. The maximum Gasteiger partial charge on any atom is 0.143 e. The number of benzene rings is 1. The maximum atomic E-state index is 4.67. The van der Waals surface area contributed by atoms with E-state index in [2.05, 4.69) is 15.0 Å². The maximum absolute atomic E-state index is 4.67. The first-order valence-electron chi connectivity index (χ1n) is 5.31. The van der Waals surface area contributed by atoms with E-state index < -0.39 is 0 Å². The minimum absolute atomic E-state index is 0.934. The van der Waals surface area contributed by atoms with Crippen LogP contribution in [0.4, 0.5) is 0 Å². The zero-order valence-corrected chi connectivity index (χ0v) is 9.61. The molecule has 0 saturated heterocycles. The van der Waals surface area contributed by atoms with Crippen LogP contribution in [0, 0.1) is 0 Å². The molecule has 0 spiro atoms. The van der Waals surface area contributed by atoms with Crippen molar-refractivity contribution in [2.24, 2.45) is 0 Å². The van der Waals surface area contributed by atoms with Crippen LogP contribution < -0.4 is 0 Å². The van der Waals surface area contributed by atoms with Crippen molar-refractivity contribution in [2.75, 3.05) is 0 Å². The van der Waals surface area contributed by atoms with Gasteiger partial charge < -0.3 is 0 Å². The van der Waals surface area contributed by atoms with Crippen LogP contribution in [0.15, 0.2) is 42.7 Å². The van der Waals surface area contributed by atoms with Gasteiger partial charge in [-0.25, -0.2) is 9.97 Å². The zero-order valence-electron chi connectivity index (χ0n) is 8.79. The van der Waals surface area contributed by atoms with Gasteiger partial charge in [0, 0.05) is 22.5 Å². The van der Waals surface area contributed by atoms with Gasteiger partial charge in [0.15, 0.2) is 0 Å². The number of hydrogen-bond donors (Lipinski definition) is 0. The van der Waals surface area contributed by atoms with Crippen LogP contribution in [-0.4, -0.2) is 15.0 Å². The third-order valence-corrected chi connectivity index (χ3v) is 3.84. The average Bonchev–Trinajstić information content (AvgIpc) is 2.73. The summed E-state index contributed by atoms with van der Waals surface area (Å²) in [7, 11) is 0. The normalized spacial score (nSPS) is 11.5. The summed E-state index contributed by atoms with van der Waals surface area (Å²) in [5, 5.41) is 1.09. The van der Waals surface area contributed by atoms with Crippen LogP contribution in [0.1, 0.15) is 0 Å². The summed E-state index contributed by atoms with van der Waals surface area (Å²) in [6, 6.07) is 9.95. The molecule has 0 N–H and O–H groups in total. The highest BCUT2D eigenvalue weighted by Gasteiger charge is 2.08. The van der Waals surface area contributed by atoms with Gasteiger partial charge in [0.05, 0.1) is 11.0 Å². The van der Waals surface area contributed by atoms with Crippen molar-refractivity contribution in [3.05, 3.63) is 42.7 Å².